The lowest BCUT2D eigenvalue weighted by Gasteiger charge is -2.08. The molecule has 0 aliphatic rings. The summed E-state index contributed by atoms with van der Waals surface area (Å²) in [6, 6.07) is 15.3. The SMILES string of the molecule is O=c1ccc2cc(-n3c(=S)[nH]c4ccccc4c3=O)ccc2o1. The van der Waals surface area contributed by atoms with E-state index in [-0.39, 0.29) is 5.56 Å². The number of hydrogen-bond acceptors (Lipinski definition) is 4. The van der Waals surface area contributed by atoms with E-state index in [2.05, 4.69) is 4.98 Å². The average Bonchev–Trinajstić information content (AvgIpc) is 2.55. The van der Waals surface area contributed by atoms with Crippen LogP contribution in [0, 0.1) is 4.77 Å². The van der Waals surface area contributed by atoms with Gasteiger partial charge in [-0.3, -0.25) is 9.36 Å². The van der Waals surface area contributed by atoms with Gasteiger partial charge in [0.2, 0.25) is 0 Å². The minimum atomic E-state index is -0.412. The Morgan fingerprint density at radius 2 is 1.83 bits per heavy atom. The summed E-state index contributed by atoms with van der Waals surface area (Å²) < 4.78 is 6.85. The number of nitrogens with one attached hydrogen (secondary N) is 1. The summed E-state index contributed by atoms with van der Waals surface area (Å²) >= 11 is 5.33. The van der Waals surface area contributed by atoms with E-state index in [1.54, 1.807) is 36.4 Å². The summed E-state index contributed by atoms with van der Waals surface area (Å²) in [5.41, 5.74) is 1.17. The highest BCUT2D eigenvalue weighted by atomic mass is 32.1. The van der Waals surface area contributed by atoms with Crippen molar-refractivity contribution >= 4 is 34.1 Å². The van der Waals surface area contributed by atoms with Crippen LogP contribution in [0.1, 0.15) is 0 Å². The van der Waals surface area contributed by atoms with Gasteiger partial charge in [0, 0.05) is 11.5 Å². The molecular weight excluding hydrogens is 312 g/mol. The van der Waals surface area contributed by atoms with E-state index >= 15 is 0 Å². The van der Waals surface area contributed by atoms with Crippen molar-refractivity contribution in [1.29, 1.82) is 0 Å². The monoisotopic (exact) mass is 322 g/mol. The smallest absolute Gasteiger partial charge is 0.336 e. The largest absolute Gasteiger partial charge is 0.423 e. The molecule has 0 radical (unpaired) electrons. The Labute approximate surface area is 134 Å². The van der Waals surface area contributed by atoms with E-state index < -0.39 is 5.63 Å². The standard InChI is InChI=1S/C17H10N2O3S/c20-15-8-5-10-9-11(6-7-14(10)22-15)19-16(21)12-3-1-2-4-13(12)18-17(19)23/h1-9H,(H,18,23). The number of benzene rings is 2. The molecule has 0 saturated heterocycles. The third-order valence-corrected chi connectivity index (χ3v) is 3.95. The maximum atomic E-state index is 12.7. The molecule has 0 amide bonds. The molecule has 4 rings (SSSR count). The highest BCUT2D eigenvalue weighted by Gasteiger charge is 2.08. The molecule has 0 spiro atoms. The summed E-state index contributed by atoms with van der Waals surface area (Å²) in [6.45, 7) is 0. The number of fused-ring (bicyclic) bond motifs is 2. The first kappa shape index (κ1) is 13.7. The number of para-hydroxylation sites is 1. The first-order valence-corrected chi connectivity index (χ1v) is 7.33. The number of aromatic nitrogens is 2. The predicted molar refractivity (Wildman–Crippen MR) is 90.8 cm³/mol. The topological polar surface area (TPSA) is 68.0 Å². The van der Waals surface area contributed by atoms with Gasteiger partial charge in [-0.2, -0.15) is 0 Å². The molecule has 2 heterocycles. The Bertz CT molecular complexity index is 1230. The fourth-order valence-corrected chi connectivity index (χ4v) is 2.89. The zero-order valence-electron chi connectivity index (χ0n) is 11.8. The molecule has 23 heavy (non-hydrogen) atoms. The normalized spacial score (nSPS) is 11.1. The molecule has 1 N–H and O–H groups in total. The lowest BCUT2D eigenvalue weighted by molar-refractivity contribution is 0.561. The van der Waals surface area contributed by atoms with Crippen LogP contribution >= 0.6 is 12.2 Å². The lowest BCUT2D eigenvalue weighted by Crippen LogP contribution is -2.20. The van der Waals surface area contributed by atoms with Crippen LogP contribution in [0.4, 0.5) is 0 Å². The molecule has 112 valence electrons. The predicted octanol–water partition coefficient (Wildman–Crippen LogP) is 3.15. The van der Waals surface area contributed by atoms with Crippen LogP contribution in [0.25, 0.3) is 27.6 Å². The Balaban J connectivity index is 2.06. The van der Waals surface area contributed by atoms with E-state index in [0.29, 0.717) is 26.9 Å². The third-order valence-electron chi connectivity index (χ3n) is 3.67. The van der Waals surface area contributed by atoms with Crippen LogP contribution in [0.15, 0.2) is 68.6 Å². The van der Waals surface area contributed by atoms with Gasteiger partial charge in [0.15, 0.2) is 4.77 Å². The molecule has 0 atom stereocenters. The van der Waals surface area contributed by atoms with Gasteiger partial charge in [0.25, 0.3) is 5.56 Å². The quantitative estimate of drug-likeness (QED) is 0.432. The van der Waals surface area contributed by atoms with Crippen LogP contribution in [-0.2, 0) is 0 Å². The Kier molecular flexibility index (Phi) is 2.99. The number of aromatic amines is 1. The van der Waals surface area contributed by atoms with Crippen molar-refractivity contribution in [3.8, 4) is 5.69 Å². The van der Waals surface area contributed by atoms with Crippen LogP contribution in [0.2, 0.25) is 0 Å². The van der Waals surface area contributed by atoms with E-state index in [4.69, 9.17) is 16.6 Å². The van der Waals surface area contributed by atoms with Gasteiger partial charge in [-0.1, -0.05) is 12.1 Å². The molecule has 0 aliphatic heterocycles. The number of nitrogens with zero attached hydrogens (tertiary/aromatic N) is 1. The van der Waals surface area contributed by atoms with E-state index in [9.17, 15) is 9.59 Å². The molecule has 4 aromatic rings. The second-order valence-corrected chi connectivity index (χ2v) is 5.48. The Morgan fingerprint density at radius 1 is 1.00 bits per heavy atom. The minimum Gasteiger partial charge on any atom is -0.423 e. The van der Waals surface area contributed by atoms with E-state index in [0.717, 1.165) is 5.39 Å². The molecule has 6 heteroatoms. The van der Waals surface area contributed by atoms with Gasteiger partial charge in [-0.25, -0.2) is 4.79 Å². The highest BCUT2D eigenvalue weighted by Crippen LogP contribution is 2.17. The molecule has 0 saturated carbocycles. The zero-order chi connectivity index (χ0) is 16.0. The molecule has 5 nitrogen and oxygen atoms in total. The second kappa shape index (κ2) is 5.03. The summed E-state index contributed by atoms with van der Waals surface area (Å²) in [5.74, 6) is 0. The molecular formula is C17H10N2O3S. The number of H-pyrrole nitrogens is 1. The first-order chi connectivity index (χ1) is 11.1. The van der Waals surface area contributed by atoms with Crippen molar-refractivity contribution in [2.45, 2.75) is 0 Å². The van der Waals surface area contributed by atoms with Crippen LogP contribution in [0.3, 0.4) is 0 Å². The van der Waals surface area contributed by atoms with Crippen LogP contribution in [0.5, 0.6) is 0 Å². The number of hydrogen-bond donors (Lipinski definition) is 1. The lowest BCUT2D eigenvalue weighted by atomic mass is 10.2. The highest BCUT2D eigenvalue weighted by molar-refractivity contribution is 7.71. The molecule has 0 bridgehead atoms. The third kappa shape index (κ3) is 2.20. The van der Waals surface area contributed by atoms with Crippen LogP contribution < -0.4 is 11.2 Å². The Morgan fingerprint density at radius 3 is 2.70 bits per heavy atom. The summed E-state index contributed by atoms with van der Waals surface area (Å²) in [7, 11) is 0. The second-order valence-electron chi connectivity index (χ2n) is 5.09. The maximum absolute atomic E-state index is 12.7. The van der Waals surface area contributed by atoms with Crippen molar-refractivity contribution in [3.63, 3.8) is 0 Å². The van der Waals surface area contributed by atoms with Crippen molar-refractivity contribution in [2.75, 3.05) is 0 Å². The molecule has 0 fully saturated rings. The molecule has 2 aromatic heterocycles. The number of rotatable bonds is 1. The fraction of sp³-hybridized carbons (Fsp3) is 0. The zero-order valence-corrected chi connectivity index (χ0v) is 12.6. The van der Waals surface area contributed by atoms with Crippen molar-refractivity contribution in [1.82, 2.24) is 9.55 Å². The Hall–Kier alpha value is -2.99. The summed E-state index contributed by atoms with van der Waals surface area (Å²) in [5, 5.41) is 1.28. The van der Waals surface area contributed by atoms with Gasteiger partial charge in [-0.15, -0.1) is 0 Å². The summed E-state index contributed by atoms with van der Waals surface area (Å²) in [4.78, 5) is 27.1. The maximum Gasteiger partial charge on any atom is 0.336 e. The molecule has 2 aromatic carbocycles. The van der Waals surface area contributed by atoms with Crippen molar-refractivity contribution in [3.05, 3.63) is 80.1 Å². The van der Waals surface area contributed by atoms with Crippen LogP contribution in [-0.4, -0.2) is 9.55 Å². The fourth-order valence-electron chi connectivity index (χ4n) is 2.60. The van der Waals surface area contributed by atoms with Gasteiger partial charge in [0.1, 0.15) is 5.58 Å². The van der Waals surface area contributed by atoms with Gasteiger partial charge in [0.05, 0.1) is 16.6 Å². The van der Waals surface area contributed by atoms with Crippen molar-refractivity contribution < 1.29 is 4.42 Å². The van der Waals surface area contributed by atoms with Gasteiger partial charge in [-0.05, 0) is 48.6 Å². The van der Waals surface area contributed by atoms with Crippen molar-refractivity contribution in [2.24, 2.45) is 0 Å². The average molecular weight is 322 g/mol. The van der Waals surface area contributed by atoms with Gasteiger partial charge >= 0.3 is 5.63 Å². The van der Waals surface area contributed by atoms with Gasteiger partial charge < -0.3 is 9.40 Å². The molecule has 0 unspecified atom stereocenters. The molecule has 0 aliphatic carbocycles. The first-order valence-electron chi connectivity index (χ1n) is 6.92. The summed E-state index contributed by atoms with van der Waals surface area (Å²) in [6.07, 6.45) is 0. The van der Waals surface area contributed by atoms with E-state index in [1.165, 1.54) is 10.6 Å². The minimum absolute atomic E-state index is 0.193. The van der Waals surface area contributed by atoms with E-state index in [1.807, 2.05) is 12.1 Å².